The Kier molecular flexibility index (Phi) is 9.03. The lowest BCUT2D eigenvalue weighted by molar-refractivity contribution is -0.122. The molecule has 0 spiro atoms. The number of Topliss-reactive ketones (excluding diaryl/α,β-unsaturated/α-hetero) is 1. The van der Waals surface area contributed by atoms with Gasteiger partial charge in [-0.2, -0.15) is 0 Å². The van der Waals surface area contributed by atoms with Crippen LogP contribution in [-0.4, -0.2) is 34.1 Å². The van der Waals surface area contributed by atoms with E-state index in [1.54, 1.807) is 19.2 Å². The number of unbranched alkanes of at least 4 members (excludes halogenated alkanes) is 2. The minimum absolute atomic E-state index is 0.110. The molecule has 1 atom stereocenters. The number of carbonyl (C=O) groups excluding carboxylic acids is 3. The zero-order valence-corrected chi connectivity index (χ0v) is 21.7. The van der Waals surface area contributed by atoms with Gasteiger partial charge in [-0.15, -0.1) is 0 Å². The molecule has 0 aliphatic rings. The standard InChI is InChI=1S/C31H34N4O3/c1-21(36)10-4-2-7-13-25(23-18-24(30(32)37)20-33-19-23)31(38)34-17-16-27-26-14-8-9-15-28(26)35-29(27)22-11-5-3-6-12-22/h3,5-6,8-9,11-12,14-15,18-20,25,35H,2,4,7,10,13,16-17H2,1H3,(H2,32,37)(H,34,38)/t25-/m0/s1. The molecule has 2 amide bonds. The predicted molar refractivity (Wildman–Crippen MR) is 150 cm³/mol. The number of nitrogens with zero attached hydrogens (tertiary/aromatic N) is 1. The molecular formula is C31H34N4O3. The third-order valence-corrected chi connectivity index (χ3v) is 6.83. The summed E-state index contributed by atoms with van der Waals surface area (Å²) < 4.78 is 0. The number of pyridine rings is 1. The second kappa shape index (κ2) is 12.8. The number of aromatic amines is 1. The van der Waals surface area contributed by atoms with Crippen molar-refractivity contribution >= 4 is 28.5 Å². The van der Waals surface area contributed by atoms with Crippen LogP contribution in [0.5, 0.6) is 0 Å². The van der Waals surface area contributed by atoms with E-state index in [1.807, 2.05) is 30.3 Å². The number of fused-ring (bicyclic) bond motifs is 1. The Bertz CT molecular complexity index is 1410. The molecule has 0 aliphatic carbocycles. The van der Waals surface area contributed by atoms with Crippen LogP contribution < -0.4 is 11.1 Å². The summed E-state index contributed by atoms with van der Waals surface area (Å²) in [5, 5.41) is 4.26. The smallest absolute Gasteiger partial charge is 0.250 e. The molecule has 0 radical (unpaired) electrons. The topological polar surface area (TPSA) is 118 Å². The van der Waals surface area contributed by atoms with Crippen LogP contribution in [0.25, 0.3) is 22.2 Å². The Morgan fingerprint density at radius 3 is 2.50 bits per heavy atom. The lowest BCUT2D eigenvalue weighted by atomic mass is 9.92. The van der Waals surface area contributed by atoms with Gasteiger partial charge in [0.15, 0.2) is 0 Å². The van der Waals surface area contributed by atoms with Crippen molar-refractivity contribution in [3.05, 3.63) is 89.7 Å². The van der Waals surface area contributed by atoms with E-state index in [1.165, 1.54) is 6.20 Å². The Morgan fingerprint density at radius 1 is 0.974 bits per heavy atom. The number of amides is 2. The summed E-state index contributed by atoms with van der Waals surface area (Å²) in [6.45, 7) is 2.05. The normalized spacial score (nSPS) is 11.8. The number of nitrogens with one attached hydrogen (secondary N) is 2. The minimum Gasteiger partial charge on any atom is -0.366 e. The van der Waals surface area contributed by atoms with E-state index in [2.05, 4.69) is 39.6 Å². The fourth-order valence-electron chi connectivity index (χ4n) is 4.88. The maximum Gasteiger partial charge on any atom is 0.250 e. The zero-order chi connectivity index (χ0) is 26.9. The second-order valence-corrected chi connectivity index (χ2v) is 9.66. The van der Waals surface area contributed by atoms with Crippen LogP contribution >= 0.6 is 0 Å². The van der Waals surface area contributed by atoms with Gasteiger partial charge in [-0.05, 0) is 55.0 Å². The van der Waals surface area contributed by atoms with Gasteiger partial charge in [0, 0.05) is 42.0 Å². The number of benzene rings is 2. The Balaban J connectivity index is 1.49. The highest BCUT2D eigenvalue weighted by Crippen LogP contribution is 2.31. The van der Waals surface area contributed by atoms with Crippen molar-refractivity contribution in [2.45, 2.75) is 51.4 Å². The van der Waals surface area contributed by atoms with Crippen molar-refractivity contribution in [1.29, 1.82) is 0 Å². The molecule has 0 fully saturated rings. The molecule has 0 saturated heterocycles. The van der Waals surface area contributed by atoms with E-state index in [9.17, 15) is 14.4 Å². The van der Waals surface area contributed by atoms with E-state index >= 15 is 0 Å². The van der Waals surface area contributed by atoms with Crippen LogP contribution in [0.1, 0.15) is 66.4 Å². The number of carbonyl (C=O) groups is 3. The molecule has 2 heterocycles. The van der Waals surface area contributed by atoms with Crippen molar-refractivity contribution in [2.24, 2.45) is 5.73 Å². The minimum atomic E-state index is -0.576. The molecule has 7 nitrogen and oxygen atoms in total. The Hall–Kier alpha value is -4.26. The van der Waals surface area contributed by atoms with Gasteiger partial charge in [-0.1, -0.05) is 61.4 Å². The van der Waals surface area contributed by atoms with Crippen molar-refractivity contribution in [3.63, 3.8) is 0 Å². The average Bonchev–Trinajstić information content (AvgIpc) is 3.29. The molecular weight excluding hydrogens is 476 g/mol. The molecule has 4 N–H and O–H groups in total. The van der Waals surface area contributed by atoms with Crippen LogP contribution in [-0.2, 0) is 16.0 Å². The van der Waals surface area contributed by atoms with Gasteiger partial charge in [-0.25, -0.2) is 0 Å². The van der Waals surface area contributed by atoms with Crippen molar-refractivity contribution in [1.82, 2.24) is 15.3 Å². The molecule has 7 heteroatoms. The number of H-pyrrole nitrogens is 1. The molecule has 38 heavy (non-hydrogen) atoms. The number of hydrogen-bond acceptors (Lipinski definition) is 4. The van der Waals surface area contributed by atoms with Gasteiger partial charge >= 0.3 is 0 Å². The number of nitrogens with two attached hydrogens (primary N) is 1. The van der Waals surface area contributed by atoms with E-state index < -0.39 is 11.8 Å². The fourth-order valence-corrected chi connectivity index (χ4v) is 4.88. The van der Waals surface area contributed by atoms with Crippen molar-refractivity contribution in [3.8, 4) is 11.3 Å². The third-order valence-electron chi connectivity index (χ3n) is 6.83. The van der Waals surface area contributed by atoms with E-state index in [0.717, 1.165) is 47.0 Å². The SMILES string of the molecule is CC(=O)CCCCC[C@H](C(=O)NCCc1c(-c2ccccc2)[nH]c2ccccc12)c1cncc(C(N)=O)c1. The van der Waals surface area contributed by atoms with Crippen molar-refractivity contribution in [2.75, 3.05) is 6.54 Å². The van der Waals surface area contributed by atoms with Gasteiger partial charge in [0.05, 0.1) is 11.5 Å². The summed E-state index contributed by atoms with van der Waals surface area (Å²) >= 11 is 0. The molecule has 0 unspecified atom stereocenters. The highest BCUT2D eigenvalue weighted by Gasteiger charge is 2.22. The summed E-state index contributed by atoms with van der Waals surface area (Å²) in [6, 6.07) is 20.0. The Labute approximate surface area is 222 Å². The molecule has 0 aliphatic heterocycles. The van der Waals surface area contributed by atoms with Gasteiger partial charge in [0.25, 0.3) is 0 Å². The lowest BCUT2D eigenvalue weighted by Gasteiger charge is -2.18. The van der Waals surface area contributed by atoms with Gasteiger partial charge in [0.2, 0.25) is 11.8 Å². The third kappa shape index (κ3) is 6.73. The predicted octanol–water partition coefficient (Wildman–Crippen LogP) is 5.31. The highest BCUT2D eigenvalue weighted by atomic mass is 16.2. The molecule has 4 rings (SSSR count). The van der Waals surface area contributed by atoms with E-state index in [0.29, 0.717) is 31.4 Å². The van der Waals surface area contributed by atoms with Gasteiger partial charge in [0.1, 0.15) is 5.78 Å². The van der Waals surface area contributed by atoms with Crippen LogP contribution in [0, 0.1) is 0 Å². The van der Waals surface area contributed by atoms with E-state index in [4.69, 9.17) is 5.73 Å². The summed E-state index contributed by atoms with van der Waals surface area (Å²) in [7, 11) is 0. The molecule has 0 saturated carbocycles. The monoisotopic (exact) mass is 510 g/mol. The summed E-state index contributed by atoms with van der Waals surface area (Å²) in [6.07, 6.45) is 7.26. The summed E-state index contributed by atoms with van der Waals surface area (Å²) in [4.78, 5) is 44.1. The highest BCUT2D eigenvalue weighted by molar-refractivity contribution is 5.93. The maximum absolute atomic E-state index is 13.4. The molecule has 4 aromatic rings. The summed E-state index contributed by atoms with van der Waals surface area (Å²) in [5.74, 6) is -0.977. The van der Waals surface area contributed by atoms with Crippen LogP contribution in [0.2, 0.25) is 0 Å². The number of hydrogen-bond donors (Lipinski definition) is 3. The molecule has 196 valence electrons. The summed E-state index contributed by atoms with van der Waals surface area (Å²) in [5.41, 5.74) is 10.8. The first-order valence-corrected chi connectivity index (χ1v) is 13.1. The first kappa shape index (κ1) is 26.8. The number of primary amides is 1. The van der Waals surface area contributed by atoms with E-state index in [-0.39, 0.29) is 17.3 Å². The largest absolute Gasteiger partial charge is 0.366 e. The van der Waals surface area contributed by atoms with Crippen molar-refractivity contribution < 1.29 is 14.4 Å². The molecule has 2 aromatic carbocycles. The number of para-hydroxylation sites is 1. The van der Waals surface area contributed by atoms with Gasteiger partial charge < -0.3 is 20.8 Å². The second-order valence-electron chi connectivity index (χ2n) is 9.66. The van der Waals surface area contributed by atoms with Crippen LogP contribution in [0.4, 0.5) is 0 Å². The fraction of sp³-hybridized carbons (Fsp3) is 0.290. The first-order valence-electron chi connectivity index (χ1n) is 13.1. The quantitative estimate of drug-likeness (QED) is 0.211. The number of aromatic nitrogens is 2. The number of rotatable bonds is 13. The number of ketones is 1. The zero-order valence-electron chi connectivity index (χ0n) is 21.7. The van der Waals surface area contributed by atoms with Crippen LogP contribution in [0.15, 0.2) is 73.1 Å². The molecule has 0 bridgehead atoms. The average molecular weight is 511 g/mol. The maximum atomic E-state index is 13.4. The first-order chi connectivity index (χ1) is 18.4. The Morgan fingerprint density at radius 2 is 1.74 bits per heavy atom. The lowest BCUT2D eigenvalue weighted by Crippen LogP contribution is -2.31. The van der Waals surface area contributed by atoms with Crippen LogP contribution in [0.3, 0.4) is 0 Å². The van der Waals surface area contributed by atoms with Gasteiger partial charge in [-0.3, -0.25) is 14.6 Å². The molecule has 2 aromatic heterocycles.